The number of amides is 1. The highest BCUT2D eigenvalue weighted by Gasteiger charge is 2.19. The van der Waals surface area contributed by atoms with Gasteiger partial charge < -0.3 is 10.2 Å². The fraction of sp³-hybridized carbons (Fsp3) is 0.190. The van der Waals surface area contributed by atoms with Gasteiger partial charge in [-0.05, 0) is 25.0 Å². The maximum Gasteiger partial charge on any atom is 0.274 e. The maximum atomic E-state index is 13.4. The number of carbonyl (C=O) groups is 1. The van der Waals surface area contributed by atoms with Crippen LogP contribution in [-0.4, -0.2) is 29.0 Å². The van der Waals surface area contributed by atoms with E-state index in [0.717, 1.165) is 43.6 Å². The van der Waals surface area contributed by atoms with Crippen LogP contribution in [0.3, 0.4) is 0 Å². The van der Waals surface area contributed by atoms with Crippen molar-refractivity contribution in [3.8, 4) is 11.4 Å². The Morgan fingerprint density at radius 3 is 2.39 bits per heavy atom. The van der Waals surface area contributed by atoms with Crippen molar-refractivity contribution < 1.29 is 13.6 Å². The number of anilines is 2. The Kier molecular flexibility index (Phi) is 4.97. The smallest absolute Gasteiger partial charge is 0.274 e. The average Bonchev–Trinajstić information content (AvgIpc) is 3.26. The Balaban J connectivity index is 1.69. The van der Waals surface area contributed by atoms with E-state index < -0.39 is 17.5 Å². The normalized spacial score (nSPS) is 13.6. The standard InChI is InChI=1S/C21H18F2N4O/c22-16-9-8-15(12-17(16)23)24-21(28)18-13-19(27-10-4-5-11-27)26-20(25-18)14-6-2-1-3-7-14/h1-3,6-9,12-13H,4-5,10-11H2,(H,24,28). The van der Waals surface area contributed by atoms with E-state index in [2.05, 4.69) is 20.2 Å². The second-order valence-corrected chi connectivity index (χ2v) is 6.58. The van der Waals surface area contributed by atoms with Crippen LogP contribution >= 0.6 is 0 Å². The van der Waals surface area contributed by atoms with Gasteiger partial charge in [0.25, 0.3) is 5.91 Å². The van der Waals surface area contributed by atoms with Gasteiger partial charge in [-0.1, -0.05) is 30.3 Å². The number of hydrogen-bond acceptors (Lipinski definition) is 4. The Bertz CT molecular complexity index is 1000. The highest BCUT2D eigenvalue weighted by atomic mass is 19.2. The van der Waals surface area contributed by atoms with Gasteiger partial charge in [-0.3, -0.25) is 4.79 Å². The van der Waals surface area contributed by atoms with Crippen LogP contribution in [-0.2, 0) is 0 Å². The third kappa shape index (κ3) is 3.83. The quantitative estimate of drug-likeness (QED) is 0.734. The summed E-state index contributed by atoms with van der Waals surface area (Å²) in [6.45, 7) is 1.74. The Labute approximate surface area is 161 Å². The number of halogens is 2. The summed E-state index contributed by atoms with van der Waals surface area (Å²) in [7, 11) is 0. The molecule has 4 rings (SSSR count). The zero-order chi connectivity index (χ0) is 19.5. The van der Waals surface area contributed by atoms with Crippen LogP contribution in [0.1, 0.15) is 23.3 Å². The summed E-state index contributed by atoms with van der Waals surface area (Å²) in [6, 6.07) is 14.2. The molecule has 1 amide bonds. The van der Waals surface area contributed by atoms with Crippen molar-refractivity contribution in [2.45, 2.75) is 12.8 Å². The summed E-state index contributed by atoms with van der Waals surface area (Å²) in [5, 5.41) is 2.57. The lowest BCUT2D eigenvalue weighted by Gasteiger charge is -2.18. The van der Waals surface area contributed by atoms with Gasteiger partial charge in [-0.15, -0.1) is 0 Å². The van der Waals surface area contributed by atoms with Crippen molar-refractivity contribution in [3.63, 3.8) is 0 Å². The molecule has 142 valence electrons. The summed E-state index contributed by atoms with van der Waals surface area (Å²) in [5.74, 6) is -1.38. The number of rotatable bonds is 4. The van der Waals surface area contributed by atoms with E-state index in [4.69, 9.17) is 0 Å². The summed E-state index contributed by atoms with van der Waals surface area (Å²) in [4.78, 5) is 23.9. The zero-order valence-corrected chi connectivity index (χ0v) is 15.0. The van der Waals surface area contributed by atoms with E-state index in [1.165, 1.54) is 6.07 Å². The first kappa shape index (κ1) is 18.0. The van der Waals surface area contributed by atoms with Crippen molar-refractivity contribution in [2.24, 2.45) is 0 Å². The van der Waals surface area contributed by atoms with Crippen LogP contribution in [0.15, 0.2) is 54.6 Å². The van der Waals surface area contributed by atoms with Gasteiger partial charge in [0.1, 0.15) is 11.5 Å². The molecular formula is C21H18F2N4O. The molecule has 0 unspecified atom stereocenters. The van der Waals surface area contributed by atoms with Gasteiger partial charge in [0, 0.05) is 36.5 Å². The molecule has 0 radical (unpaired) electrons. The highest BCUT2D eigenvalue weighted by Crippen LogP contribution is 2.24. The van der Waals surface area contributed by atoms with Crippen LogP contribution < -0.4 is 10.2 Å². The molecule has 28 heavy (non-hydrogen) atoms. The molecule has 1 fully saturated rings. The minimum Gasteiger partial charge on any atom is -0.356 e. The highest BCUT2D eigenvalue weighted by molar-refractivity contribution is 6.03. The average molecular weight is 380 g/mol. The zero-order valence-electron chi connectivity index (χ0n) is 15.0. The first-order chi connectivity index (χ1) is 13.6. The summed E-state index contributed by atoms with van der Waals surface area (Å²) >= 11 is 0. The van der Waals surface area contributed by atoms with Crippen LogP contribution in [0.25, 0.3) is 11.4 Å². The van der Waals surface area contributed by atoms with Gasteiger partial charge in [0.15, 0.2) is 17.5 Å². The van der Waals surface area contributed by atoms with Gasteiger partial charge >= 0.3 is 0 Å². The van der Waals surface area contributed by atoms with E-state index in [-0.39, 0.29) is 11.4 Å². The Morgan fingerprint density at radius 2 is 1.68 bits per heavy atom. The van der Waals surface area contributed by atoms with Gasteiger partial charge in [0.2, 0.25) is 0 Å². The molecule has 1 aliphatic rings. The molecule has 2 aromatic carbocycles. The summed E-state index contributed by atoms with van der Waals surface area (Å²) in [5.41, 5.74) is 1.12. The van der Waals surface area contributed by atoms with E-state index in [1.807, 2.05) is 30.3 Å². The SMILES string of the molecule is O=C(Nc1ccc(F)c(F)c1)c1cc(N2CCCC2)nc(-c2ccccc2)n1. The van der Waals surface area contributed by atoms with Gasteiger partial charge in [-0.2, -0.15) is 0 Å². The molecule has 0 saturated carbocycles. The fourth-order valence-electron chi connectivity index (χ4n) is 3.14. The lowest BCUT2D eigenvalue weighted by atomic mass is 10.2. The molecule has 1 aromatic heterocycles. The molecule has 1 aliphatic heterocycles. The molecule has 2 heterocycles. The van der Waals surface area contributed by atoms with Crippen molar-refractivity contribution >= 4 is 17.4 Å². The largest absolute Gasteiger partial charge is 0.356 e. The number of nitrogens with one attached hydrogen (secondary N) is 1. The third-order valence-corrected chi connectivity index (χ3v) is 4.58. The van der Waals surface area contributed by atoms with Crippen molar-refractivity contribution in [2.75, 3.05) is 23.3 Å². The van der Waals surface area contributed by atoms with Gasteiger partial charge in [-0.25, -0.2) is 18.7 Å². The number of aromatic nitrogens is 2. The number of hydrogen-bond donors (Lipinski definition) is 1. The molecule has 0 atom stereocenters. The predicted molar refractivity (Wildman–Crippen MR) is 103 cm³/mol. The molecule has 5 nitrogen and oxygen atoms in total. The second kappa shape index (κ2) is 7.72. The molecule has 1 saturated heterocycles. The first-order valence-corrected chi connectivity index (χ1v) is 9.06. The lowest BCUT2D eigenvalue weighted by Crippen LogP contribution is -2.22. The van der Waals surface area contributed by atoms with E-state index in [0.29, 0.717) is 11.6 Å². The van der Waals surface area contributed by atoms with Crippen LogP contribution in [0.4, 0.5) is 20.3 Å². The minimum atomic E-state index is -1.02. The topological polar surface area (TPSA) is 58.1 Å². The second-order valence-electron chi connectivity index (χ2n) is 6.58. The van der Waals surface area contributed by atoms with Crippen molar-refractivity contribution in [1.82, 2.24) is 9.97 Å². The van der Waals surface area contributed by atoms with E-state index in [1.54, 1.807) is 6.07 Å². The summed E-state index contributed by atoms with van der Waals surface area (Å²) in [6.07, 6.45) is 2.14. The minimum absolute atomic E-state index is 0.159. The summed E-state index contributed by atoms with van der Waals surface area (Å²) < 4.78 is 26.5. The maximum absolute atomic E-state index is 13.4. The molecule has 7 heteroatoms. The first-order valence-electron chi connectivity index (χ1n) is 9.06. The third-order valence-electron chi connectivity index (χ3n) is 4.58. The molecular weight excluding hydrogens is 362 g/mol. The monoisotopic (exact) mass is 380 g/mol. The number of nitrogens with zero attached hydrogens (tertiary/aromatic N) is 3. The van der Waals surface area contributed by atoms with Crippen molar-refractivity contribution in [1.29, 1.82) is 0 Å². The Hall–Kier alpha value is -3.35. The van der Waals surface area contributed by atoms with Crippen LogP contribution in [0.5, 0.6) is 0 Å². The van der Waals surface area contributed by atoms with E-state index >= 15 is 0 Å². The lowest BCUT2D eigenvalue weighted by molar-refractivity contribution is 0.102. The van der Waals surface area contributed by atoms with E-state index in [9.17, 15) is 13.6 Å². The van der Waals surface area contributed by atoms with Crippen LogP contribution in [0.2, 0.25) is 0 Å². The molecule has 1 N–H and O–H groups in total. The molecule has 0 aliphatic carbocycles. The predicted octanol–water partition coefficient (Wildman–Crippen LogP) is 4.27. The molecule has 3 aromatic rings. The van der Waals surface area contributed by atoms with Crippen molar-refractivity contribution in [3.05, 3.63) is 71.9 Å². The number of benzene rings is 2. The molecule has 0 spiro atoms. The van der Waals surface area contributed by atoms with Crippen LogP contribution in [0, 0.1) is 11.6 Å². The number of carbonyl (C=O) groups excluding carboxylic acids is 1. The fourth-order valence-corrected chi connectivity index (χ4v) is 3.14. The van der Waals surface area contributed by atoms with Gasteiger partial charge in [0.05, 0.1) is 0 Å². The molecule has 0 bridgehead atoms. The Morgan fingerprint density at radius 1 is 0.929 bits per heavy atom.